The average molecular weight is 258 g/mol. The number of methoxy groups -OCH3 is 1. The lowest BCUT2D eigenvalue weighted by Gasteiger charge is -2.47. The molecule has 1 saturated carbocycles. The van der Waals surface area contributed by atoms with Gasteiger partial charge in [-0.2, -0.15) is 0 Å². The Bertz CT molecular complexity index is 538. The lowest BCUT2D eigenvalue weighted by atomic mass is 9.55. The average Bonchev–Trinajstić information content (AvgIpc) is 3.09. The number of hydrogen-bond acceptors (Lipinski definition) is 2. The van der Waals surface area contributed by atoms with Gasteiger partial charge < -0.3 is 9.47 Å². The first-order valence-electron chi connectivity index (χ1n) is 7.43. The van der Waals surface area contributed by atoms with Crippen LogP contribution in [-0.2, 0) is 16.6 Å². The van der Waals surface area contributed by atoms with E-state index in [-0.39, 0.29) is 5.60 Å². The van der Waals surface area contributed by atoms with Crippen molar-refractivity contribution in [1.82, 2.24) is 0 Å². The molecule has 4 rings (SSSR count). The van der Waals surface area contributed by atoms with Gasteiger partial charge in [0.1, 0.15) is 5.75 Å². The topological polar surface area (TPSA) is 21.8 Å². The molecule has 1 heterocycles. The van der Waals surface area contributed by atoms with Crippen molar-refractivity contribution < 1.29 is 9.47 Å². The smallest absolute Gasteiger partial charge is 0.119 e. The SMILES string of the molecule is COc1ccc2c(c1)CC[C@@H]1[C@@]3(C)O[C@H]3CC[C@]21C. The fourth-order valence-corrected chi connectivity index (χ4v) is 4.85. The van der Waals surface area contributed by atoms with Crippen LogP contribution in [0.25, 0.3) is 0 Å². The van der Waals surface area contributed by atoms with Gasteiger partial charge in [0.05, 0.1) is 18.8 Å². The highest BCUT2D eigenvalue weighted by atomic mass is 16.6. The molecule has 1 aromatic carbocycles. The summed E-state index contributed by atoms with van der Waals surface area (Å²) < 4.78 is 11.4. The van der Waals surface area contributed by atoms with Gasteiger partial charge >= 0.3 is 0 Å². The number of aryl methyl sites for hydroxylation is 1. The number of epoxide rings is 1. The molecule has 3 aliphatic rings. The van der Waals surface area contributed by atoms with Gasteiger partial charge in [-0.05, 0) is 67.2 Å². The quantitative estimate of drug-likeness (QED) is 0.719. The molecule has 0 unspecified atom stereocenters. The summed E-state index contributed by atoms with van der Waals surface area (Å²) >= 11 is 0. The molecule has 19 heavy (non-hydrogen) atoms. The van der Waals surface area contributed by atoms with Gasteiger partial charge in [0.2, 0.25) is 0 Å². The third-order valence-electron chi connectivity index (χ3n) is 6.00. The summed E-state index contributed by atoms with van der Waals surface area (Å²) in [5, 5.41) is 0. The van der Waals surface area contributed by atoms with Crippen LogP contribution in [0.3, 0.4) is 0 Å². The van der Waals surface area contributed by atoms with Gasteiger partial charge in [-0.3, -0.25) is 0 Å². The summed E-state index contributed by atoms with van der Waals surface area (Å²) in [5.74, 6) is 1.67. The summed E-state index contributed by atoms with van der Waals surface area (Å²) in [6.45, 7) is 4.78. The second-order valence-electron chi connectivity index (χ2n) is 6.86. The number of ether oxygens (including phenoxy) is 2. The van der Waals surface area contributed by atoms with Crippen LogP contribution in [0.1, 0.15) is 44.2 Å². The Morgan fingerprint density at radius 3 is 2.89 bits per heavy atom. The monoisotopic (exact) mass is 258 g/mol. The molecule has 0 spiro atoms. The predicted molar refractivity (Wildman–Crippen MR) is 74.7 cm³/mol. The second-order valence-corrected chi connectivity index (χ2v) is 6.86. The van der Waals surface area contributed by atoms with Crippen molar-refractivity contribution in [1.29, 1.82) is 0 Å². The van der Waals surface area contributed by atoms with Crippen LogP contribution in [0.2, 0.25) is 0 Å². The second kappa shape index (κ2) is 3.54. The minimum Gasteiger partial charge on any atom is -0.497 e. The van der Waals surface area contributed by atoms with E-state index >= 15 is 0 Å². The summed E-state index contributed by atoms with van der Waals surface area (Å²) in [4.78, 5) is 0. The molecule has 4 atom stereocenters. The molecule has 0 radical (unpaired) electrons. The summed E-state index contributed by atoms with van der Waals surface area (Å²) in [7, 11) is 1.75. The molecule has 1 saturated heterocycles. The van der Waals surface area contributed by atoms with Crippen LogP contribution in [0.15, 0.2) is 18.2 Å². The van der Waals surface area contributed by atoms with E-state index < -0.39 is 0 Å². The standard InChI is InChI=1S/C17H22O2/c1-16-9-8-15-17(2,19-15)14(16)7-4-11-10-12(18-3)5-6-13(11)16/h5-6,10,14-15H,4,7-9H2,1-3H3/t14-,15-,16+,17+/m0/s1. The molecule has 0 N–H and O–H groups in total. The highest BCUT2D eigenvalue weighted by Gasteiger charge is 2.66. The summed E-state index contributed by atoms with van der Waals surface area (Å²) in [5.41, 5.74) is 3.48. The first-order valence-corrected chi connectivity index (χ1v) is 7.43. The number of rotatable bonds is 1. The summed E-state index contributed by atoms with van der Waals surface area (Å²) in [6.07, 6.45) is 5.43. The van der Waals surface area contributed by atoms with E-state index in [1.165, 1.54) is 31.2 Å². The van der Waals surface area contributed by atoms with E-state index in [2.05, 4.69) is 32.0 Å². The van der Waals surface area contributed by atoms with Crippen molar-refractivity contribution >= 4 is 0 Å². The van der Waals surface area contributed by atoms with Gasteiger partial charge in [0.25, 0.3) is 0 Å². The van der Waals surface area contributed by atoms with Crippen LogP contribution in [0.5, 0.6) is 5.75 Å². The van der Waals surface area contributed by atoms with Crippen molar-refractivity contribution in [2.24, 2.45) is 5.92 Å². The zero-order valence-electron chi connectivity index (χ0n) is 12.0. The van der Waals surface area contributed by atoms with Gasteiger partial charge in [0, 0.05) is 0 Å². The molecule has 0 amide bonds. The molecule has 2 fully saturated rings. The molecule has 0 aromatic heterocycles. The third-order valence-corrected chi connectivity index (χ3v) is 6.00. The van der Waals surface area contributed by atoms with Crippen molar-refractivity contribution in [3.8, 4) is 5.75 Å². The maximum atomic E-state index is 6.04. The van der Waals surface area contributed by atoms with Crippen molar-refractivity contribution in [2.75, 3.05) is 7.11 Å². The van der Waals surface area contributed by atoms with Crippen molar-refractivity contribution in [2.45, 2.75) is 56.7 Å². The molecule has 2 aliphatic carbocycles. The predicted octanol–water partition coefficient (Wildman–Crippen LogP) is 3.47. The summed E-state index contributed by atoms with van der Waals surface area (Å²) in [6, 6.07) is 6.65. The molecular weight excluding hydrogens is 236 g/mol. The Balaban J connectivity index is 1.81. The third kappa shape index (κ3) is 1.41. The molecule has 2 heteroatoms. The highest BCUT2D eigenvalue weighted by Crippen LogP contribution is 2.62. The van der Waals surface area contributed by atoms with E-state index in [0.29, 0.717) is 17.4 Å². The fourth-order valence-electron chi connectivity index (χ4n) is 4.85. The van der Waals surface area contributed by atoms with Crippen LogP contribution in [0, 0.1) is 5.92 Å². The fraction of sp³-hybridized carbons (Fsp3) is 0.647. The highest BCUT2D eigenvalue weighted by molar-refractivity contribution is 5.44. The Labute approximate surface area is 115 Å². The zero-order valence-corrected chi connectivity index (χ0v) is 12.0. The van der Waals surface area contributed by atoms with Gasteiger partial charge in [-0.25, -0.2) is 0 Å². The van der Waals surface area contributed by atoms with Gasteiger partial charge in [-0.1, -0.05) is 13.0 Å². The molecule has 2 nitrogen and oxygen atoms in total. The van der Waals surface area contributed by atoms with Gasteiger partial charge in [-0.15, -0.1) is 0 Å². The minimum absolute atomic E-state index is 0.157. The van der Waals surface area contributed by atoms with Crippen molar-refractivity contribution in [3.05, 3.63) is 29.3 Å². The molecule has 1 aromatic rings. The van der Waals surface area contributed by atoms with Crippen LogP contribution in [0.4, 0.5) is 0 Å². The number of benzene rings is 1. The Hall–Kier alpha value is -1.02. The lowest BCUT2D eigenvalue weighted by molar-refractivity contribution is 0.124. The van der Waals surface area contributed by atoms with E-state index in [9.17, 15) is 0 Å². The van der Waals surface area contributed by atoms with E-state index in [0.717, 1.165) is 5.75 Å². The Morgan fingerprint density at radius 1 is 1.26 bits per heavy atom. The maximum Gasteiger partial charge on any atom is 0.119 e. The number of fused-ring (bicyclic) bond motifs is 5. The first kappa shape index (κ1) is 11.8. The van der Waals surface area contributed by atoms with E-state index in [4.69, 9.17) is 9.47 Å². The molecule has 0 bridgehead atoms. The van der Waals surface area contributed by atoms with E-state index in [1.54, 1.807) is 12.7 Å². The van der Waals surface area contributed by atoms with Gasteiger partial charge in [0.15, 0.2) is 0 Å². The first-order chi connectivity index (χ1) is 9.08. The number of hydrogen-bond donors (Lipinski definition) is 0. The normalized spacial score (nSPS) is 42.9. The van der Waals surface area contributed by atoms with Crippen LogP contribution >= 0.6 is 0 Å². The lowest BCUT2D eigenvalue weighted by Crippen LogP contribution is -2.48. The molecular formula is C17H22O2. The Morgan fingerprint density at radius 2 is 2.11 bits per heavy atom. The maximum absolute atomic E-state index is 6.04. The largest absolute Gasteiger partial charge is 0.497 e. The Kier molecular flexibility index (Phi) is 2.20. The minimum atomic E-state index is 0.157. The van der Waals surface area contributed by atoms with E-state index in [1.807, 2.05) is 0 Å². The van der Waals surface area contributed by atoms with Crippen molar-refractivity contribution in [3.63, 3.8) is 0 Å². The molecule has 102 valence electrons. The molecule has 1 aliphatic heterocycles. The van der Waals surface area contributed by atoms with Crippen LogP contribution < -0.4 is 4.74 Å². The van der Waals surface area contributed by atoms with Crippen LogP contribution in [-0.4, -0.2) is 18.8 Å². The zero-order chi connectivity index (χ0) is 13.3.